The Bertz CT molecular complexity index is 357. The fourth-order valence-corrected chi connectivity index (χ4v) is 3.77. The Kier molecular flexibility index (Phi) is 4.23. The van der Waals surface area contributed by atoms with Crippen molar-refractivity contribution in [2.45, 2.75) is 57.7 Å². The van der Waals surface area contributed by atoms with Crippen LogP contribution in [0.2, 0.25) is 0 Å². The normalized spacial score (nSPS) is 20.3. The predicted octanol–water partition coefficient (Wildman–Crippen LogP) is 3.32. The van der Waals surface area contributed by atoms with E-state index in [2.05, 4.69) is 37.2 Å². The van der Waals surface area contributed by atoms with Gasteiger partial charge >= 0.3 is 0 Å². The van der Waals surface area contributed by atoms with E-state index in [0.29, 0.717) is 6.04 Å². The van der Waals surface area contributed by atoms with Crippen LogP contribution >= 0.6 is 11.3 Å². The predicted molar refractivity (Wildman–Crippen MR) is 75.5 cm³/mol. The maximum Gasteiger partial charge on any atom is 0.0595 e. The van der Waals surface area contributed by atoms with Gasteiger partial charge in [0.2, 0.25) is 0 Å². The van der Waals surface area contributed by atoms with Crippen LogP contribution in [0.5, 0.6) is 0 Å². The summed E-state index contributed by atoms with van der Waals surface area (Å²) in [5, 5.41) is 2.19. The lowest BCUT2D eigenvalue weighted by atomic mass is 9.88. The van der Waals surface area contributed by atoms with Gasteiger partial charge in [0, 0.05) is 17.0 Å². The average Bonchev–Trinajstić information content (AvgIpc) is 2.62. The third-order valence-electron chi connectivity index (χ3n) is 4.14. The molecular formula is C14H24N2S. The molecule has 0 saturated heterocycles. The highest BCUT2D eigenvalue weighted by molar-refractivity contribution is 7.10. The third-order valence-corrected chi connectivity index (χ3v) is 5.23. The molecule has 2 nitrogen and oxygen atoms in total. The summed E-state index contributed by atoms with van der Waals surface area (Å²) in [7, 11) is 2.25. The summed E-state index contributed by atoms with van der Waals surface area (Å²) in [6.07, 6.45) is 5.10. The molecule has 0 spiro atoms. The van der Waals surface area contributed by atoms with Gasteiger partial charge in [0.25, 0.3) is 0 Å². The molecule has 96 valence electrons. The number of thiophene rings is 1. The maximum absolute atomic E-state index is 6.36. The number of nitrogens with zero attached hydrogens (tertiary/aromatic N) is 1. The monoisotopic (exact) mass is 252 g/mol. The van der Waals surface area contributed by atoms with Crippen LogP contribution in [0.4, 0.5) is 0 Å². The molecule has 1 saturated carbocycles. The zero-order valence-corrected chi connectivity index (χ0v) is 12.0. The van der Waals surface area contributed by atoms with Crippen LogP contribution in [-0.2, 0) is 0 Å². The summed E-state index contributed by atoms with van der Waals surface area (Å²) in [4.78, 5) is 3.99. The largest absolute Gasteiger partial charge is 0.326 e. The van der Waals surface area contributed by atoms with Crippen LogP contribution < -0.4 is 5.73 Å². The lowest BCUT2D eigenvalue weighted by Gasteiger charge is -2.42. The molecule has 0 bridgehead atoms. The summed E-state index contributed by atoms with van der Waals surface area (Å²) in [5.74, 6) is 0. The quantitative estimate of drug-likeness (QED) is 0.871. The van der Waals surface area contributed by atoms with E-state index in [0.717, 1.165) is 12.5 Å². The van der Waals surface area contributed by atoms with Crippen LogP contribution in [0.15, 0.2) is 11.4 Å². The Morgan fingerprint density at radius 1 is 1.53 bits per heavy atom. The molecule has 1 aromatic heterocycles. The molecule has 1 aliphatic carbocycles. The van der Waals surface area contributed by atoms with Gasteiger partial charge in [0.15, 0.2) is 0 Å². The fraction of sp³-hybridized carbons (Fsp3) is 0.714. The lowest BCUT2D eigenvalue weighted by molar-refractivity contribution is 0.0954. The summed E-state index contributed by atoms with van der Waals surface area (Å²) in [5.41, 5.74) is 7.76. The number of hydrogen-bond donors (Lipinski definition) is 1. The van der Waals surface area contributed by atoms with E-state index in [-0.39, 0.29) is 6.04 Å². The van der Waals surface area contributed by atoms with Gasteiger partial charge in [0.05, 0.1) is 6.04 Å². The Balaban J connectivity index is 2.21. The van der Waals surface area contributed by atoms with E-state index in [4.69, 9.17) is 5.73 Å². The van der Waals surface area contributed by atoms with Crippen molar-refractivity contribution in [1.82, 2.24) is 4.90 Å². The van der Waals surface area contributed by atoms with Gasteiger partial charge in [-0.05, 0) is 50.2 Å². The van der Waals surface area contributed by atoms with E-state index in [9.17, 15) is 0 Å². The molecule has 0 aromatic carbocycles. The second kappa shape index (κ2) is 5.51. The lowest BCUT2D eigenvalue weighted by Crippen LogP contribution is -2.46. The van der Waals surface area contributed by atoms with Gasteiger partial charge < -0.3 is 5.73 Å². The van der Waals surface area contributed by atoms with Crippen LogP contribution in [0, 0.1) is 6.92 Å². The molecule has 1 fully saturated rings. The van der Waals surface area contributed by atoms with Crippen molar-refractivity contribution >= 4 is 11.3 Å². The van der Waals surface area contributed by atoms with Crippen LogP contribution in [0.3, 0.4) is 0 Å². The molecule has 2 rings (SSSR count). The van der Waals surface area contributed by atoms with Gasteiger partial charge in [-0.2, -0.15) is 0 Å². The van der Waals surface area contributed by atoms with Gasteiger partial charge in [-0.25, -0.2) is 0 Å². The number of hydrogen-bond acceptors (Lipinski definition) is 3. The van der Waals surface area contributed by atoms with E-state index in [1.807, 2.05) is 11.3 Å². The van der Waals surface area contributed by atoms with Crippen molar-refractivity contribution in [3.05, 3.63) is 21.9 Å². The molecule has 0 aliphatic heterocycles. The van der Waals surface area contributed by atoms with Crippen LogP contribution in [0.25, 0.3) is 0 Å². The zero-order chi connectivity index (χ0) is 12.4. The molecule has 2 unspecified atom stereocenters. The minimum absolute atomic E-state index is 0.248. The summed E-state index contributed by atoms with van der Waals surface area (Å²) in [6, 6.07) is 3.62. The van der Waals surface area contributed by atoms with E-state index < -0.39 is 0 Å². The Hall–Kier alpha value is -0.380. The van der Waals surface area contributed by atoms with Gasteiger partial charge in [-0.1, -0.05) is 13.3 Å². The third kappa shape index (κ3) is 2.56. The summed E-state index contributed by atoms with van der Waals surface area (Å²) in [6.45, 7) is 4.39. The molecule has 1 aliphatic rings. The highest BCUT2D eigenvalue weighted by Crippen LogP contribution is 2.36. The minimum Gasteiger partial charge on any atom is -0.326 e. The van der Waals surface area contributed by atoms with Crippen molar-refractivity contribution < 1.29 is 0 Å². The van der Waals surface area contributed by atoms with Crippen molar-refractivity contribution in [2.75, 3.05) is 7.05 Å². The number of rotatable bonds is 5. The SMILES string of the molecule is CCC(N)C(c1sccc1C)N(C)C1CCC1. The second-order valence-corrected chi connectivity index (χ2v) is 6.18. The topological polar surface area (TPSA) is 29.3 Å². The summed E-state index contributed by atoms with van der Waals surface area (Å²) >= 11 is 1.86. The number of likely N-dealkylation sites (N-methyl/N-ethyl adjacent to an activating group) is 1. The second-order valence-electron chi connectivity index (χ2n) is 5.24. The Morgan fingerprint density at radius 3 is 2.65 bits per heavy atom. The maximum atomic E-state index is 6.36. The Morgan fingerprint density at radius 2 is 2.24 bits per heavy atom. The molecular weight excluding hydrogens is 228 g/mol. The first-order chi connectivity index (χ1) is 8.15. The first-order valence-electron chi connectivity index (χ1n) is 6.66. The van der Waals surface area contributed by atoms with Crippen molar-refractivity contribution in [2.24, 2.45) is 5.73 Å². The smallest absolute Gasteiger partial charge is 0.0595 e. The average molecular weight is 252 g/mol. The van der Waals surface area contributed by atoms with Gasteiger partial charge in [-0.15, -0.1) is 11.3 Å². The molecule has 2 N–H and O–H groups in total. The molecule has 0 amide bonds. The standard InChI is InChI=1S/C14H24N2S/c1-4-12(15)13(14-10(2)8-9-17-14)16(3)11-6-5-7-11/h8-9,11-13H,4-7,15H2,1-3H3. The first-order valence-corrected chi connectivity index (χ1v) is 7.54. The molecule has 1 aromatic rings. The van der Waals surface area contributed by atoms with E-state index in [1.54, 1.807) is 0 Å². The van der Waals surface area contributed by atoms with Crippen molar-refractivity contribution in [1.29, 1.82) is 0 Å². The number of aryl methyl sites for hydroxylation is 1. The van der Waals surface area contributed by atoms with Crippen molar-refractivity contribution in [3.63, 3.8) is 0 Å². The fourth-order valence-electron chi connectivity index (χ4n) is 2.61. The van der Waals surface area contributed by atoms with Crippen molar-refractivity contribution in [3.8, 4) is 0 Å². The minimum atomic E-state index is 0.248. The molecule has 3 heteroatoms. The van der Waals surface area contributed by atoms with E-state index >= 15 is 0 Å². The van der Waals surface area contributed by atoms with Crippen LogP contribution in [-0.4, -0.2) is 24.0 Å². The zero-order valence-electron chi connectivity index (χ0n) is 11.1. The molecule has 17 heavy (non-hydrogen) atoms. The number of nitrogens with two attached hydrogens (primary N) is 1. The highest BCUT2D eigenvalue weighted by atomic mass is 32.1. The van der Waals surface area contributed by atoms with Crippen LogP contribution in [0.1, 0.15) is 49.1 Å². The first kappa shape index (κ1) is 13.1. The molecule has 2 atom stereocenters. The van der Waals surface area contributed by atoms with E-state index in [1.165, 1.54) is 29.7 Å². The highest BCUT2D eigenvalue weighted by Gasteiger charge is 2.32. The Labute approximate surface area is 109 Å². The van der Waals surface area contributed by atoms with Gasteiger partial charge in [-0.3, -0.25) is 4.90 Å². The molecule has 1 heterocycles. The van der Waals surface area contributed by atoms with Gasteiger partial charge in [0.1, 0.15) is 0 Å². The summed E-state index contributed by atoms with van der Waals surface area (Å²) < 4.78 is 0. The molecule has 0 radical (unpaired) electrons.